The number of aliphatic hydroxyl groups excluding tert-OH is 1. The molecule has 0 aliphatic heterocycles. The number of hydrogen-bond donors (Lipinski definition) is 3. The molecule has 0 spiro atoms. The molecular formula is C25H18N2O3S. The Hall–Kier alpha value is -3.74. The molecule has 3 heterocycles. The van der Waals surface area contributed by atoms with Gasteiger partial charge in [-0.25, -0.2) is 0 Å². The van der Waals surface area contributed by atoms with Gasteiger partial charge in [-0.05, 0) is 34.4 Å². The molecule has 5 aromatic rings. The lowest BCUT2D eigenvalue weighted by Crippen LogP contribution is -2.08. The Bertz CT molecular complexity index is 1440. The van der Waals surface area contributed by atoms with E-state index >= 15 is 0 Å². The number of aromatic nitrogens is 2. The molecule has 0 aliphatic carbocycles. The Morgan fingerprint density at radius 1 is 0.935 bits per heavy atom. The normalized spacial score (nSPS) is 11.1. The van der Waals surface area contributed by atoms with Gasteiger partial charge in [0.05, 0.1) is 17.6 Å². The van der Waals surface area contributed by atoms with Crippen LogP contribution >= 0.6 is 11.3 Å². The van der Waals surface area contributed by atoms with Crippen molar-refractivity contribution in [1.29, 1.82) is 0 Å². The van der Waals surface area contributed by atoms with E-state index in [-0.39, 0.29) is 23.5 Å². The molecular weight excluding hydrogens is 408 g/mol. The van der Waals surface area contributed by atoms with Gasteiger partial charge in [0, 0.05) is 28.9 Å². The maximum Gasteiger partial charge on any atom is 0.260 e. The molecule has 0 saturated carbocycles. The average Bonchev–Trinajstić information content (AvgIpc) is 3.24. The van der Waals surface area contributed by atoms with Crippen LogP contribution < -0.4 is 5.56 Å². The van der Waals surface area contributed by atoms with Crippen LogP contribution in [0.15, 0.2) is 83.2 Å². The molecule has 0 atom stereocenters. The predicted octanol–water partition coefficient (Wildman–Crippen LogP) is 5.18. The number of aromatic hydroxyl groups is 1. The SMILES string of the molecule is O=c1[nH]c2scc(-c3ccc(-c4cccc(CO)c4)cc3)c2c(O)c1-c1cccnc1. The maximum atomic E-state index is 12.6. The number of rotatable bonds is 4. The molecule has 0 aliphatic rings. The summed E-state index contributed by atoms with van der Waals surface area (Å²) in [4.78, 5) is 20.2. The van der Waals surface area contributed by atoms with Gasteiger partial charge in [0.25, 0.3) is 5.56 Å². The largest absolute Gasteiger partial charge is 0.506 e. The van der Waals surface area contributed by atoms with Gasteiger partial charge in [-0.15, -0.1) is 11.3 Å². The fourth-order valence-corrected chi connectivity index (χ4v) is 4.73. The Morgan fingerprint density at radius 2 is 1.71 bits per heavy atom. The van der Waals surface area contributed by atoms with E-state index in [0.717, 1.165) is 27.8 Å². The van der Waals surface area contributed by atoms with Crippen molar-refractivity contribution in [2.24, 2.45) is 0 Å². The highest BCUT2D eigenvalue weighted by molar-refractivity contribution is 7.17. The van der Waals surface area contributed by atoms with Crippen LogP contribution in [0.2, 0.25) is 0 Å². The van der Waals surface area contributed by atoms with E-state index < -0.39 is 0 Å². The van der Waals surface area contributed by atoms with Gasteiger partial charge in [0.1, 0.15) is 10.6 Å². The smallest absolute Gasteiger partial charge is 0.260 e. The number of nitrogens with zero attached hydrogens (tertiary/aromatic N) is 1. The molecule has 152 valence electrons. The molecule has 5 rings (SSSR count). The van der Waals surface area contributed by atoms with Crippen molar-refractivity contribution in [2.75, 3.05) is 0 Å². The second-order valence-electron chi connectivity index (χ2n) is 7.21. The summed E-state index contributed by atoms with van der Waals surface area (Å²) < 4.78 is 0. The van der Waals surface area contributed by atoms with Crippen LogP contribution in [-0.2, 0) is 6.61 Å². The summed E-state index contributed by atoms with van der Waals surface area (Å²) in [7, 11) is 0. The summed E-state index contributed by atoms with van der Waals surface area (Å²) in [6.45, 7) is 0.00354. The van der Waals surface area contributed by atoms with Crippen molar-refractivity contribution in [3.05, 3.63) is 94.4 Å². The lowest BCUT2D eigenvalue weighted by molar-refractivity contribution is 0.282. The highest BCUT2D eigenvalue weighted by Gasteiger charge is 2.19. The van der Waals surface area contributed by atoms with Gasteiger partial charge < -0.3 is 15.2 Å². The minimum atomic E-state index is -0.342. The van der Waals surface area contributed by atoms with Gasteiger partial charge >= 0.3 is 0 Å². The zero-order valence-electron chi connectivity index (χ0n) is 16.4. The summed E-state index contributed by atoms with van der Waals surface area (Å²) >= 11 is 1.39. The van der Waals surface area contributed by atoms with Gasteiger partial charge in [-0.1, -0.05) is 48.5 Å². The van der Waals surface area contributed by atoms with Crippen LogP contribution in [0.4, 0.5) is 0 Å². The van der Waals surface area contributed by atoms with Gasteiger partial charge in [-0.3, -0.25) is 9.78 Å². The zero-order chi connectivity index (χ0) is 21.4. The molecule has 0 fully saturated rings. The lowest BCUT2D eigenvalue weighted by atomic mass is 9.98. The summed E-state index contributed by atoms with van der Waals surface area (Å²) in [6, 6.07) is 19.3. The highest BCUT2D eigenvalue weighted by atomic mass is 32.1. The molecule has 31 heavy (non-hydrogen) atoms. The minimum absolute atomic E-state index is 0.00354. The van der Waals surface area contributed by atoms with Crippen molar-refractivity contribution in [3.63, 3.8) is 0 Å². The molecule has 0 radical (unpaired) electrons. The van der Waals surface area contributed by atoms with E-state index in [1.165, 1.54) is 11.3 Å². The number of aliphatic hydroxyl groups is 1. The molecule has 6 heteroatoms. The Labute approximate surface area is 181 Å². The first-order valence-electron chi connectivity index (χ1n) is 9.73. The van der Waals surface area contributed by atoms with E-state index in [1.807, 2.05) is 53.9 Å². The molecule has 0 amide bonds. The maximum absolute atomic E-state index is 12.6. The Kier molecular flexibility index (Phi) is 4.86. The fourth-order valence-electron chi connectivity index (χ4n) is 3.77. The van der Waals surface area contributed by atoms with Crippen molar-refractivity contribution in [2.45, 2.75) is 6.61 Å². The van der Waals surface area contributed by atoms with E-state index in [0.29, 0.717) is 15.8 Å². The van der Waals surface area contributed by atoms with Gasteiger partial charge in [0.15, 0.2) is 0 Å². The molecule has 2 aromatic carbocycles. The van der Waals surface area contributed by atoms with Crippen molar-refractivity contribution >= 4 is 21.6 Å². The standard InChI is InChI=1S/C25H18N2O3S/c28-13-15-3-1-4-18(11-15)16-6-8-17(9-7-16)20-14-31-25-22(20)23(29)21(24(30)27-25)19-5-2-10-26-12-19/h1-12,14,28H,13H2,(H2,27,29,30). The highest BCUT2D eigenvalue weighted by Crippen LogP contribution is 2.41. The van der Waals surface area contributed by atoms with Crippen LogP contribution in [0.1, 0.15) is 5.56 Å². The third-order valence-corrected chi connectivity index (χ3v) is 6.20. The van der Waals surface area contributed by atoms with E-state index in [4.69, 9.17) is 0 Å². The fraction of sp³-hybridized carbons (Fsp3) is 0.0400. The van der Waals surface area contributed by atoms with E-state index in [1.54, 1.807) is 24.5 Å². The van der Waals surface area contributed by atoms with Crippen LogP contribution in [-0.4, -0.2) is 20.2 Å². The van der Waals surface area contributed by atoms with Crippen molar-refractivity contribution in [1.82, 2.24) is 9.97 Å². The second-order valence-corrected chi connectivity index (χ2v) is 8.09. The Balaban J connectivity index is 1.62. The third kappa shape index (κ3) is 3.42. The third-order valence-electron chi connectivity index (χ3n) is 5.31. The molecule has 0 bridgehead atoms. The summed E-state index contributed by atoms with van der Waals surface area (Å²) in [6.07, 6.45) is 3.19. The molecule has 0 saturated heterocycles. The number of H-pyrrole nitrogens is 1. The first kappa shape index (κ1) is 19.2. The van der Waals surface area contributed by atoms with Crippen LogP contribution in [0.3, 0.4) is 0 Å². The minimum Gasteiger partial charge on any atom is -0.506 e. The number of nitrogens with one attached hydrogen (secondary N) is 1. The number of pyridine rings is 2. The van der Waals surface area contributed by atoms with E-state index in [9.17, 15) is 15.0 Å². The zero-order valence-corrected chi connectivity index (χ0v) is 17.2. The molecule has 3 N–H and O–H groups in total. The molecule has 0 unspecified atom stereocenters. The van der Waals surface area contributed by atoms with Crippen LogP contribution in [0.25, 0.3) is 43.6 Å². The van der Waals surface area contributed by atoms with E-state index in [2.05, 4.69) is 9.97 Å². The molecule has 3 aromatic heterocycles. The number of benzene rings is 2. The van der Waals surface area contributed by atoms with Crippen LogP contribution in [0, 0.1) is 0 Å². The van der Waals surface area contributed by atoms with Gasteiger partial charge in [0.2, 0.25) is 0 Å². The van der Waals surface area contributed by atoms with Crippen molar-refractivity contribution < 1.29 is 10.2 Å². The summed E-state index contributed by atoms with van der Waals surface area (Å²) in [5.41, 5.74) is 5.17. The summed E-state index contributed by atoms with van der Waals surface area (Å²) in [5.74, 6) is -0.0391. The predicted molar refractivity (Wildman–Crippen MR) is 124 cm³/mol. The van der Waals surface area contributed by atoms with Gasteiger partial charge in [-0.2, -0.15) is 0 Å². The average molecular weight is 426 g/mol. The number of hydrogen-bond acceptors (Lipinski definition) is 5. The Morgan fingerprint density at radius 3 is 2.45 bits per heavy atom. The topological polar surface area (TPSA) is 86.2 Å². The number of fused-ring (bicyclic) bond motifs is 1. The molecule has 5 nitrogen and oxygen atoms in total. The number of aromatic amines is 1. The first-order valence-corrected chi connectivity index (χ1v) is 10.6. The van der Waals surface area contributed by atoms with Crippen molar-refractivity contribution in [3.8, 4) is 39.1 Å². The summed E-state index contributed by atoms with van der Waals surface area (Å²) in [5, 5.41) is 23.0. The monoisotopic (exact) mass is 426 g/mol. The number of thiophene rings is 1. The quantitative estimate of drug-likeness (QED) is 0.369. The van der Waals surface area contributed by atoms with Crippen LogP contribution in [0.5, 0.6) is 5.75 Å². The second kappa shape index (κ2) is 7.83. The lowest BCUT2D eigenvalue weighted by Gasteiger charge is -2.08. The first-order chi connectivity index (χ1) is 15.2.